The fraction of sp³-hybridized carbons (Fsp3) is 0.444. The summed E-state index contributed by atoms with van der Waals surface area (Å²) < 4.78 is 40.4. The van der Waals surface area contributed by atoms with Gasteiger partial charge in [0.2, 0.25) is 5.88 Å². The Morgan fingerprint density at radius 3 is 2.11 bits per heavy atom. The molecule has 0 aliphatic rings. The second-order valence-electron chi connectivity index (χ2n) is 9.42. The van der Waals surface area contributed by atoms with Crippen LogP contribution < -0.4 is 4.74 Å². The second kappa shape index (κ2) is 12.2. The summed E-state index contributed by atoms with van der Waals surface area (Å²) in [6.07, 6.45) is -0.648. The predicted octanol–water partition coefficient (Wildman–Crippen LogP) is 5.50. The molecule has 8 heteroatoms. The summed E-state index contributed by atoms with van der Waals surface area (Å²) in [5.74, 6) is 0.597. The van der Waals surface area contributed by atoms with Gasteiger partial charge in [-0.1, -0.05) is 13.8 Å². The minimum atomic E-state index is -0.648. The predicted molar refractivity (Wildman–Crippen MR) is 132 cm³/mol. The Hall–Kier alpha value is -2.81. The number of halogens is 2. The monoisotopic (exact) mass is 487 g/mol. The van der Waals surface area contributed by atoms with Crippen LogP contribution in [0.5, 0.6) is 11.6 Å². The van der Waals surface area contributed by atoms with Crippen LogP contribution in [-0.4, -0.2) is 51.7 Å². The number of hydrogen-bond acceptors (Lipinski definition) is 5. The van der Waals surface area contributed by atoms with E-state index in [2.05, 4.69) is 37.7 Å². The van der Waals surface area contributed by atoms with Crippen LogP contribution in [0.2, 0.25) is 0 Å². The van der Waals surface area contributed by atoms with Gasteiger partial charge in [-0.25, -0.2) is 13.5 Å². The molecule has 0 radical (unpaired) electrons. The molecule has 0 spiro atoms. The molecule has 0 saturated heterocycles. The van der Waals surface area contributed by atoms with E-state index in [1.807, 2.05) is 6.92 Å². The average Bonchev–Trinajstić information content (AvgIpc) is 3.10. The van der Waals surface area contributed by atoms with Gasteiger partial charge in [0, 0.05) is 25.7 Å². The van der Waals surface area contributed by atoms with Gasteiger partial charge in [0.25, 0.3) is 0 Å². The summed E-state index contributed by atoms with van der Waals surface area (Å²) >= 11 is 0. The highest BCUT2D eigenvalue weighted by molar-refractivity contribution is 5.43. The van der Waals surface area contributed by atoms with Gasteiger partial charge in [-0.2, -0.15) is 5.10 Å². The molecule has 0 amide bonds. The molecule has 2 aromatic carbocycles. The van der Waals surface area contributed by atoms with E-state index in [0.717, 1.165) is 11.3 Å². The molecule has 0 saturated carbocycles. The van der Waals surface area contributed by atoms with E-state index in [0.29, 0.717) is 42.9 Å². The SMILES string of the molecule is Cc1nn(-c2ccc(F)cc2)c(Oc2ccc(F)cc2)c1CN(C[C@H](O)COCC(C)C)C(C)C. The molecule has 3 aromatic rings. The molecule has 1 N–H and O–H groups in total. The minimum absolute atomic E-state index is 0.127. The molecule has 0 bridgehead atoms. The summed E-state index contributed by atoms with van der Waals surface area (Å²) in [5.41, 5.74) is 2.20. The molecule has 35 heavy (non-hydrogen) atoms. The molecule has 0 aliphatic heterocycles. The summed E-state index contributed by atoms with van der Waals surface area (Å²) in [7, 11) is 0. The van der Waals surface area contributed by atoms with Crippen molar-refractivity contribution in [1.29, 1.82) is 0 Å². The van der Waals surface area contributed by atoms with Gasteiger partial charge >= 0.3 is 0 Å². The van der Waals surface area contributed by atoms with E-state index >= 15 is 0 Å². The number of ether oxygens (including phenoxy) is 2. The minimum Gasteiger partial charge on any atom is -0.439 e. The van der Waals surface area contributed by atoms with Crippen LogP contribution in [0.4, 0.5) is 8.78 Å². The van der Waals surface area contributed by atoms with Crippen molar-refractivity contribution < 1.29 is 23.4 Å². The van der Waals surface area contributed by atoms with Crippen molar-refractivity contribution in [2.75, 3.05) is 19.8 Å². The van der Waals surface area contributed by atoms with Crippen LogP contribution >= 0.6 is 0 Å². The molecule has 0 fully saturated rings. The van der Waals surface area contributed by atoms with Gasteiger partial charge < -0.3 is 14.6 Å². The van der Waals surface area contributed by atoms with Crippen molar-refractivity contribution in [2.24, 2.45) is 5.92 Å². The lowest BCUT2D eigenvalue weighted by atomic mass is 10.2. The Balaban J connectivity index is 1.91. The Bertz CT molecular complexity index is 1070. The number of hydrogen-bond donors (Lipinski definition) is 1. The third-order valence-corrected chi connectivity index (χ3v) is 5.53. The molecule has 1 heterocycles. The molecular formula is C27H35F2N3O3. The molecule has 1 atom stereocenters. The molecule has 190 valence electrons. The van der Waals surface area contributed by atoms with Crippen LogP contribution in [0.1, 0.15) is 39.0 Å². The number of benzene rings is 2. The van der Waals surface area contributed by atoms with Gasteiger partial charge in [-0.05, 0) is 75.2 Å². The van der Waals surface area contributed by atoms with Crippen LogP contribution in [0.3, 0.4) is 0 Å². The van der Waals surface area contributed by atoms with E-state index in [9.17, 15) is 13.9 Å². The maximum atomic E-state index is 13.6. The Morgan fingerprint density at radius 1 is 0.943 bits per heavy atom. The summed E-state index contributed by atoms with van der Waals surface area (Å²) in [5, 5.41) is 15.2. The zero-order chi connectivity index (χ0) is 25.5. The van der Waals surface area contributed by atoms with Gasteiger partial charge in [0.15, 0.2) is 0 Å². The summed E-state index contributed by atoms with van der Waals surface area (Å²) in [4.78, 5) is 2.12. The number of aryl methyl sites for hydroxylation is 1. The fourth-order valence-corrected chi connectivity index (χ4v) is 3.62. The first kappa shape index (κ1) is 26.8. The van der Waals surface area contributed by atoms with Crippen LogP contribution in [-0.2, 0) is 11.3 Å². The maximum Gasteiger partial charge on any atom is 0.227 e. The normalized spacial score (nSPS) is 12.7. The highest BCUT2D eigenvalue weighted by Gasteiger charge is 2.24. The van der Waals surface area contributed by atoms with E-state index < -0.39 is 6.10 Å². The standard InChI is InChI=1S/C27H35F2N3O3/c1-18(2)16-34-17-24(33)14-31(19(3)4)15-26-20(5)30-32(23-10-6-21(28)7-11-23)27(26)35-25-12-8-22(29)9-13-25/h6-13,18-19,24,33H,14-17H2,1-5H3/t24-/m0/s1. The van der Waals surface area contributed by atoms with Gasteiger partial charge in [-0.3, -0.25) is 4.90 Å². The lowest BCUT2D eigenvalue weighted by molar-refractivity contribution is 0.00161. The van der Waals surface area contributed by atoms with Crippen molar-refractivity contribution in [1.82, 2.24) is 14.7 Å². The first-order chi connectivity index (χ1) is 16.6. The highest BCUT2D eigenvalue weighted by Crippen LogP contribution is 2.32. The van der Waals surface area contributed by atoms with E-state index in [4.69, 9.17) is 9.47 Å². The van der Waals surface area contributed by atoms with E-state index in [1.54, 1.807) is 28.9 Å². The van der Waals surface area contributed by atoms with E-state index in [1.165, 1.54) is 24.3 Å². The fourth-order valence-electron chi connectivity index (χ4n) is 3.62. The second-order valence-corrected chi connectivity index (χ2v) is 9.42. The van der Waals surface area contributed by atoms with Crippen molar-refractivity contribution in [3.8, 4) is 17.3 Å². The zero-order valence-corrected chi connectivity index (χ0v) is 21.0. The smallest absolute Gasteiger partial charge is 0.227 e. The van der Waals surface area contributed by atoms with Crippen molar-refractivity contribution >= 4 is 0 Å². The van der Waals surface area contributed by atoms with Gasteiger partial charge in [0.1, 0.15) is 17.4 Å². The maximum absolute atomic E-state index is 13.6. The first-order valence-electron chi connectivity index (χ1n) is 11.9. The van der Waals surface area contributed by atoms with Crippen LogP contribution in [0.25, 0.3) is 5.69 Å². The molecule has 6 nitrogen and oxygen atoms in total. The topological polar surface area (TPSA) is 59.8 Å². The quantitative estimate of drug-likeness (QED) is 0.366. The molecule has 1 aromatic heterocycles. The van der Waals surface area contributed by atoms with E-state index in [-0.39, 0.29) is 24.3 Å². The number of aliphatic hydroxyl groups is 1. The largest absolute Gasteiger partial charge is 0.439 e. The third kappa shape index (κ3) is 7.59. The van der Waals surface area contributed by atoms with Crippen molar-refractivity contribution in [2.45, 2.75) is 53.3 Å². The lowest BCUT2D eigenvalue weighted by Crippen LogP contribution is -2.39. The number of aromatic nitrogens is 2. The summed E-state index contributed by atoms with van der Waals surface area (Å²) in [6.45, 7) is 11.9. The molecule has 0 aliphatic carbocycles. The number of nitrogens with zero attached hydrogens (tertiary/aromatic N) is 3. The third-order valence-electron chi connectivity index (χ3n) is 5.53. The Morgan fingerprint density at radius 2 is 1.54 bits per heavy atom. The van der Waals surface area contributed by atoms with Crippen LogP contribution in [0, 0.1) is 24.5 Å². The Kier molecular flexibility index (Phi) is 9.37. The number of aliphatic hydroxyl groups excluding tert-OH is 1. The molecular weight excluding hydrogens is 452 g/mol. The van der Waals surface area contributed by atoms with Gasteiger partial charge in [0.05, 0.1) is 29.7 Å². The number of rotatable bonds is 12. The first-order valence-corrected chi connectivity index (χ1v) is 11.9. The molecule has 3 rings (SSSR count). The summed E-state index contributed by atoms with van der Waals surface area (Å²) in [6, 6.07) is 11.9. The lowest BCUT2D eigenvalue weighted by Gasteiger charge is -2.29. The molecule has 0 unspecified atom stereocenters. The van der Waals surface area contributed by atoms with Gasteiger partial charge in [-0.15, -0.1) is 0 Å². The van der Waals surface area contributed by atoms with Crippen molar-refractivity contribution in [3.05, 3.63) is 71.4 Å². The van der Waals surface area contributed by atoms with Crippen LogP contribution in [0.15, 0.2) is 48.5 Å². The highest BCUT2D eigenvalue weighted by atomic mass is 19.1. The Labute approximate surface area is 206 Å². The van der Waals surface area contributed by atoms with Crippen molar-refractivity contribution in [3.63, 3.8) is 0 Å². The average molecular weight is 488 g/mol. The zero-order valence-electron chi connectivity index (χ0n) is 21.0.